The second kappa shape index (κ2) is 8.09. The van der Waals surface area contributed by atoms with Crippen molar-refractivity contribution in [2.75, 3.05) is 0 Å². The lowest BCUT2D eigenvalue weighted by atomic mass is 10.1. The van der Waals surface area contributed by atoms with Gasteiger partial charge in [-0.05, 0) is 24.7 Å². The third kappa shape index (κ3) is 9.19. The third-order valence-electron chi connectivity index (χ3n) is 1.85. The fourth-order valence-corrected chi connectivity index (χ4v) is 1.93. The van der Waals surface area contributed by atoms with Gasteiger partial charge in [0.05, 0.1) is 0 Å². The molecule has 6 heteroatoms. The lowest BCUT2D eigenvalue weighted by Crippen LogP contribution is -2.26. The molecule has 0 rings (SSSR count). The van der Waals surface area contributed by atoms with Crippen LogP contribution >= 0.6 is 8.25 Å². The van der Waals surface area contributed by atoms with Gasteiger partial charge < -0.3 is 11.5 Å². The van der Waals surface area contributed by atoms with Crippen LogP contribution in [0.2, 0.25) is 0 Å². The molecule has 0 aromatic heterocycles. The van der Waals surface area contributed by atoms with Crippen molar-refractivity contribution in [1.82, 2.24) is 0 Å². The summed E-state index contributed by atoms with van der Waals surface area (Å²) in [6, 6.07) is 0. The topological polar surface area (TPSA) is 87.6 Å². The van der Waals surface area contributed by atoms with Crippen molar-refractivity contribution < 1.29 is 13.6 Å². The minimum atomic E-state index is -2.22. The Bertz CT molecular complexity index is 192. The summed E-state index contributed by atoms with van der Waals surface area (Å²) in [5, 5.41) is 0. The van der Waals surface area contributed by atoms with Crippen LogP contribution in [0, 0.1) is 11.8 Å². The van der Waals surface area contributed by atoms with Gasteiger partial charge in [-0.15, -0.1) is 9.05 Å². The molecule has 4 N–H and O–H groups in total. The van der Waals surface area contributed by atoms with Crippen LogP contribution in [0.25, 0.3) is 0 Å². The van der Waals surface area contributed by atoms with E-state index in [1.165, 1.54) is 0 Å². The first-order chi connectivity index (χ1) is 7.31. The first-order valence-corrected chi connectivity index (χ1v) is 6.72. The molecule has 16 heavy (non-hydrogen) atoms. The summed E-state index contributed by atoms with van der Waals surface area (Å²) in [4.78, 5) is 0. The van der Waals surface area contributed by atoms with E-state index in [-0.39, 0.29) is 0 Å². The summed E-state index contributed by atoms with van der Waals surface area (Å²) < 4.78 is 21.4. The molecule has 96 valence electrons. The molecule has 0 aliphatic rings. The lowest BCUT2D eigenvalue weighted by molar-refractivity contribution is 0.114. The van der Waals surface area contributed by atoms with Crippen LogP contribution in [0.15, 0.2) is 0 Å². The Morgan fingerprint density at radius 2 is 1.25 bits per heavy atom. The van der Waals surface area contributed by atoms with Crippen molar-refractivity contribution >= 4 is 8.25 Å². The largest absolute Gasteiger partial charge is 0.700 e. The van der Waals surface area contributed by atoms with E-state index in [1.54, 1.807) is 0 Å². The summed E-state index contributed by atoms with van der Waals surface area (Å²) in [5.41, 5.74) is 11.3. The molecule has 0 amide bonds. The highest BCUT2D eigenvalue weighted by Gasteiger charge is 2.29. The summed E-state index contributed by atoms with van der Waals surface area (Å²) >= 11 is 0. The van der Waals surface area contributed by atoms with Gasteiger partial charge in [-0.25, -0.2) is 0 Å². The van der Waals surface area contributed by atoms with E-state index in [9.17, 15) is 4.57 Å². The van der Waals surface area contributed by atoms with Gasteiger partial charge in [-0.2, -0.15) is 0 Å². The maximum Gasteiger partial charge on any atom is 0.700 e. The Hall–Kier alpha value is -0.0600. The number of rotatable bonds is 8. The maximum atomic E-state index is 11.4. The third-order valence-corrected chi connectivity index (χ3v) is 2.74. The van der Waals surface area contributed by atoms with E-state index in [4.69, 9.17) is 20.5 Å². The number of nitrogens with two attached hydrogens (primary N) is 2. The highest BCUT2D eigenvalue weighted by atomic mass is 31.1. The second-order valence-electron chi connectivity index (χ2n) is 4.77. The van der Waals surface area contributed by atoms with Crippen molar-refractivity contribution in [2.24, 2.45) is 23.3 Å². The Morgan fingerprint density at radius 3 is 1.50 bits per heavy atom. The minimum absolute atomic E-state index is 0.391. The molecule has 0 aliphatic carbocycles. The predicted molar refractivity (Wildman–Crippen MR) is 64.6 cm³/mol. The molecule has 2 unspecified atom stereocenters. The summed E-state index contributed by atoms with van der Waals surface area (Å²) in [7, 11) is -2.22. The zero-order chi connectivity index (χ0) is 12.7. The maximum absolute atomic E-state index is 11.4. The molecule has 2 atom stereocenters. The summed E-state index contributed by atoms with van der Waals surface area (Å²) in [5.74, 6) is 0.783. The van der Waals surface area contributed by atoms with Crippen molar-refractivity contribution in [3.05, 3.63) is 0 Å². The highest BCUT2D eigenvalue weighted by Crippen LogP contribution is 2.28. The molecule has 0 radical (unpaired) electrons. The molecule has 0 aromatic rings. The van der Waals surface area contributed by atoms with Crippen LogP contribution in [0.1, 0.15) is 40.5 Å². The van der Waals surface area contributed by atoms with Crippen LogP contribution in [0.3, 0.4) is 0 Å². The van der Waals surface area contributed by atoms with Gasteiger partial charge in [0.2, 0.25) is 0 Å². The van der Waals surface area contributed by atoms with Crippen molar-refractivity contribution in [3.8, 4) is 0 Å². The molecule has 0 fully saturated rings. The van der Waals surface area contributed by atoms with Gasteiger partial charge in [0.15, 0.2) is 12.5 Å². The van der Waals surface area contributed by atoms with E-state index in [1.807, 2.05) is 27.7 Å². The predicted octanol–water partition coefficient (Wildman–Crippen LogP) is 2.34. The fourth-order valence-electron chi connectivity index (χ4n) is 1.26. The SMILES string of the molecule is CC(C)CC(N)O[P+](=O)OC(N)CC(C)C. The molecule has 0 spiro atoms. The van der Waals surface area contributed by atoms with Gasteiger partial charge >= 0.3 is 8.25 Å². The van der Waals surface area contributed by atoms with Crippen LogP contribution in [0.5, 0.6) is 0 Å². The van der Waals surface area contributed by atoms with Crippen LogP contribution in [-0.4, -0.2) is 12.5 Å². The number of hydrogen-bond acceptors (Lipinski definition) is 5. The second-order valence-corrected chi connectivity index (χ2v) is 5.64. The van der Waals surface area contributed by atoms with E-state index in [0.29, 0.717) is 24.7 Å². The normalized spacial score (nSPS) is 16.6. The molecular formula is C10H24N2O3P+. The van der Waals surface area contributed by atoms with Crippen molar-refractivity contribution in [2.45, 2.75) is 53.0 Å². The van der Waals surface area contributed by atoms with E-state index < -0.39 is 20.7 Å². The Morgan fingerprint density at radius 1 is 0.938 bits per heavy atom. The van der Waals surface area contributed by atoms with Crippen LogP contribution in [0.4, 0.5) is 0 Å². The quantitative estimate of drug-likeness (QED) is 0.510. The fraction of sp³-hybridized carbons (Fsp3) is 1.00. The van der Waals surface area contributed by atoms with Gasteiger partial charge in [0.25, 0.3) is 0 Å². The standard InChI is InChI=1S/C10H24N2O3P/c1-7(2)5-9(11)14-16(13)15-10(12)6-8(3)4/h7-10H,5-6,11-12H2,1-4H3/q+1. The van der Waals surface area contributed by atoms with Gasteiger partial charge in [0, 0.05) is 4.57 Å². The summed E-state index contributed by atoms with van der Waals surface area (Å²) in [6.07, 6.45) is 0.165. The average Bonchev–Trinajstić information content (AvgIpc) is 1.97. The first kappa shape index (κ1) is 15.9. The minimum Gasteiger partial charge on any atom is -0.302 e. The van der Waals surface area contributed by atoms with Crippen molar-refractivity contribution in [3.63, 3.8) is 0 Å². The van der Waals surface area contributed by atoms with Gasteiger partial charge in [-0.3, -0.25) is 0 Å². The molecule has 0 bridgehead atoms. The van der Waals surface area contributed by atoms with Gasteiger partial charge in [-0.1, -0.05) is 27.7 Å². The smallest absolute Gasteiger partial charge is 0.302 e. The molecule has 0 saturated carbocycles. The zero-order valence-electron chi connectivity index (χ0n) is 10.6. The number of hydrogen-bond donors (Lipinski definition) is 2. The van der Waals surface area contributed by atoms with E-state index >= 15 is 0 Å². The molecular weight excluding hydrogens is 227 g/mol. The average molecular weight is 251 g/mol. The molecule has 5 nitrogen and oxygen atoms in total. The highest BCUT2D eigenvalue weighted by molar-refractivity contribution is 7.33. The van der Waals surface area contributed by atoms with E-state index in [0.717, 1.165) is 0 Å². The Kier molecular flexibility index (Phi) is 8.06. The van der Waals surface area contributed by atoms with Gasteiger partial charge in [0.1, 0.15) is 0 Å². The summed E-state index contributed by atoms with van der Waals surface area (Å²) in [6.45, 7) is 8.06. The van der Waals surface area contributed by atoms with E-state index in [2.05, 4.69) is 0 Å². The monoisotopic (exact) mass is 251 g/mol. The molecule has 0 aromatic carbocycles. The van der Waals surface area contributed by atoms with Crippen LogP contribution < -0.4 is 11.5 Å². The van der Waals surface area contributed by atoms with Crippen molar-refractivity contribution in [1.29, 1.82) is 0 Å². The zero-order valence-corrected chi connectivity index (χ0v) is 11.4. The van der Waals surface area contributed by atoms with Crippen LogP contribution in [-0.2, 0) is 13.6 Å². The Balaban J connectivity index is 3.80. The lowest BCUT2D eigenvalue weighted by Gasteiger charge is -2.09. The molecule has 0 aliphatic heterocycles. The Labute approximate surface area is 98.8 Å². The molecule has 0 heterocycles. The molecule has 0 saturated heterocycles. The first-order valence-electron chi connectivity index (χ1n) is 5.63.